The molecule has 0 unspecified atom stereocenters. The lowest BCUT2D eigenvalue weighted by Gasteiger charge is -2.08. The Kier molecular flexibility index (Phi) is 4.44. The molecule has 5 heteroatoms. The van der Waals surface area contributed by atoms with E-state index in [-0.39, 0.29) is 0 Å². The van der Waals surface area contributed by atoms with Crippen LogP contribution in [-0.4, -0.2) is 24.3 Å². The summed E-state index contributed by atoms with van der Waals surface area (Å²) in [4.78, 5) is 0. The summed E-state index contributed by atoms with van der Waals surface area (Å²) in [5.41, 5.74) is 1.42. The normalized spacial score (nSPS) is 10.1. The Morgan fingerprint density at radius 3 is 2.37 bits per heavy atom. The molecule has 0 saturated heterocycles. The van der Waals surface area contributed by atoms with Crippen molar-refractivity contribution in [3.05, 3.63) is 54.1 Å². The summed E-state index contributed by atoms with van der Waals surface area (Å²) in [6.45, 7) is 0.412. The van der Waals surface area contributed by atoms with Crippen molar-refractivity contribution in [3.8, 4) is 11.5 Å². The van der Waals surface area contributed by atoms with Gasteiger partial charge < -0.3 is 19.5 Å². The minimum atomic E-state index is -1.48. The largest absolute Gasteiger partial charge is 0.497 e. The maximum atomic E-state index is 9.08. The van der Waals surface area contributed by atoms with Crippen LogP contribution in [0.2, 0.25) is 0 Å². The number of ether oxygens (including phenoxy) is 2. The van der Waals surface area contributed by atoms with E-state index in [0.29, 0.717) is 17.8 Å². The van der Waals surface area contributed by atoms with Gasteiger partial charge in [0.1, 0.15) is 18.1 Å². The summed E-state index contributed by atoms with van der Waals surface area (Å²) in [6, 6.07) is 14.3. The fourth-order valence-electron chi connectivity index (χ4n) is 1.65. The van der Waals surface area contributed by atoms with Gasteiger partial charge in [0, 0.05) is 0 Å². The van der Waals surface area contributed by atoms with Crippen molar-refractivity contribution in [1.82, 2.24) is 0 Å². The van der Waals surface area contributed by atoms with E-state index in [0.717, 1.165) is 11.3 Å². The van der Waals surface area contributed by atoms with Crippen molar-refractivity contribution in [2.75, 3.05) is 7.11 Å². The van der Waals surface area contributed by atoms with E-state index in [9.17, 15) is 0 Å². The first-order valence-corrected chi connectivity index (χ1v) is 5.91. The van der Waals surface area contributed by atoms with E-state index >= 15 is 0 Å². The van der Waals surface area contributed by atoms with E-state index in [1.54, 1.807) is 31.4 Å². The minimum absolute atomic E-state index is 0.409. The molecular weight excluding hydrogens is 243 g/mol. The molecule has 2 rings (SSSR count). The first-order valence-electron chi connectivity index (χ1n) is 5.91. The summed E-state index contributed by atoms with van der Waals surface area (Å²) >= 11 is 0. The third-order valence-electron chi connectivity index (χ3n) is 2.72. The van der Waals surface area contributed by atoms with Crippen LogP contribution < -0.4 is 14.9 Å². The van der Waals surface area contributed by atoms with Gasteiger partial charge in [0.05, 0.1) is 7.11 Å². The molecule has 0 aliphatic rings. The van der Waals surface area contributed by atoms with Crippen LogP contribution in [0.15, 0.2) is 48.5 Å². The number of hydrogen-bond donors (Lipinski definition) is 2. The van der Waals surface area contributed by atoms with Gasteiger partial charge in [-0.05, 0) is 35.3 Å². The maximum absolute atomic E-state index is 9.08. The van der Waals surface area contributed by atoms with Gasteiger partial charge in [-0.15, -0.1) is 0 Å². The molecular formula is C14H15BO4. The minimum Gasteiger partial charge on any atom is -0.497 e. The predicted molar refractivity (Wildman–Crippen MR) is 73.6 cm³/mol. The zero-order valence-electron chi connectivity index (χ0n) is 10.6. The fourth-order valence-corrected chi connectivity index (χ4v) is 1.65. The molecule has 0 radical (unpaired) electrons. The third kappa shape index (κ3) is 3.74. The van der Waals surface area contributed by atoms with E-state index < -0.39 is 7.12 Å². The second-order valence-corrected chi connectivity index (χ2v) is 4.08. The summed E-state index contributed by atoms with van der Waals surface area (Å²) in [5.74, 6) is 1.40. The molecule has 0 aromatic heterocycles. The molecule has 0 fully saturated rings. The Morgan fingerprint density at radius 2 is 1.74 bits per heavy atom. The van der Waals surface area contributed by atoms with Gasteiger partial charge >= 0.3 is 7.12 Å². The molecule has 0 heterocycles. The van der Waals surface area contributed by atoms with Crippen LogP contribution in [0.25, 0.3) is 0 Å². The summed E-state index contributed by atoms with van der Waals surface area (Å²) in [7, 11) is 0.140. The number of methoxy groups -OCH3 is 1. The average molecular weight is 258 g/mol. The van der Waals surface area contributed by atoms with Gasteiger partial charge in [0.25, 0.3) is 0 Å². The van der Waals surface area contributed by atoms with E-state index in [1.807, 2.05) is 24.3 Å². The number of benzene rings is 2. The fraction of sp³-hybridized carbons (Fsp3) is 0.143. The molecule has 0 atom stereocenters. The van der Waals surface area contributed by atoms with Crippen molar-refractivity contribution in [3.63, 3.8) is 0 Å². The predicted octanol–water partition coefficient (Wildman–Crippen LogP) is 0.954. The van der Waals surface area contributed by atoms with E-state index in [4.69, 9.17) is 19.5 Å². The quantitative estimate of drug-likeness (QED) is 0.784. The molecule has 0 spiro atoms. The SMILES string of the molecule is COc1ccc(COc2cccc(B(O)O)c2)cc1. The second kappa shape index (κ2) is 6.27. The van der Waals surface area contributed by atoms with Gasteiger partial charge in [-0.1, -0.05) is 24.3 Å². The van der Waals surface area contributed by atoms with Gasteiger partial charge in [0.2, 0.25) is 0 Å². The molecule has 4 nitrogen and oxygen atoms in total. The van der Waals surface area contributed by atoms with Crippen LogP contribution in [0.5, 0.6) is 11.5 Å². The monoisotopic (exact) mass is 258 g/mol. The Labute approximate surface area is 112 Å². The lowest BCUT2D eigenvalue weighted by atomic mass is 9.80. The Bertz CT molecular complexity index is 525. The molecule has 2 aromatic carbocycles. The zero-order valence-corrected chi connectivity index (χ0v) is 10.6. The van der Waals surface area contributed by atoms with Gasteiger partial charge in [-0.3, -0.25) is 0 Å². The highest BCUT2D eigenvalue weighted by atomic mass is 16.5. The smallest absolute Gasteiger partial charge is 0.488 e. The Hall–Kier alpha value is -1.98. The Balaban J connectivity index is 1.99. The van der Waals surface area contributed by atoms with Crippen LogP contribution in [-0.2, 0) is 6.61 Å². The highest BCUT2D eigenvalue weighted by Crippen LogP contribution is 2.14. The molecule has 0 saturated carbocycles. The van der Waals surface area contributed by atoms with Crippen molar-refractivity contribution in [2.45, 2.75) is 6.61 Å². The van der Waals surface area contributed by atoms with Crippen molar-refractivity contribution in [2.24, 2.45) is 0 Å². The number of rotatable bonds is 5. The van der Waals surface area contributed by atoms with Gasteiger partial charge in [-0.25, -0.2) is 0 Å². The van der Waals surface area contributed by atoms with Crippen LogP contribution in [0.3, 0.4) is 0 Å². The van der Waals surface area contributed by atoms with Gasteiger partial charge in [-0.2, -0.15) is 0 Å². The van der Waals surface area contributed by atoms with Crippen molar-refractivity contribution < 1.29 is 19.5 Å². The zero-order chi connectivity index (χ0) is 13.7. The molecule has 0 aliphatic heterocycles. The van der Waals surface area contributed by atoms with Crippen LogP contribution >= 0.6 is 0 Å². The molecule has 2 aromatic rings. The molecule has 2 N–H and O–H groups in total. The molecule has 19 heavy (non-hydrogen) atoms. The molecule has 98 valence electrons. The lowest BCUT2D eigenvalue weighted by molar-refractivity contribution is 0.306. The highest BCUT2D eigenvalue weighted by Gasteiger charge is 2.10. The third-order valence-corrected chi connectivity index (χ3v) is 2.72. The summed E-state index contributed by atoms with van der Waals surface area (Å²) in [5, 5.41) is 18.2. The topological polar surface area (TPSA) is 58.9 Å². The standard InChI is InChI=1S/C14H15BO4/c1-18-13-7-5-11(6-8-13)10-19-14-4-2-3-12(9-14)15(16)17/h2-9,16-17H,10H2,1H3. The molecule has 0 amide bonds. The molecule has 0 bridgehead atoms. The van der Waals surface area contributed by atoms with E-state index in [1.165, 1.54) is 0 Å². The van der Waals surface area contributed by atoms with E-state index in [2.05, 4.69) is 0 Å². The molecule has 0 aliphatic carbocycles. The van der Waals surface area contributed by atoms with Crippen molar-refractivity contribution in [1.29, 1.82) is 0 Å². The van der Waals surface area contributed by atoms with Gasteiger partial charge in [0.15, 0.2) is 0 Å². The average Bonchev–Trinajstić information content (AvgIpc) is 2.46. The first-order chi connectivity index (χ1) is 9.19. The second-order valence-electron chi connectivity index (χ2n) is 4.08. The Morgan fingerprint density at radius 1 is 1.00 bits per heavy atom. The van der Waals surface area contributed by atoms with Crippen LogP contribution in [0, 0.1) is 0 Å². The summed E-state index contributed by atoms with van der Waals surface area (Å²) < 4.78 is 10.7. The van der Waals surface area contributed by atoms with Crippen LogP contribution in [0.1, 0.15) is 5.56 Å². The lowest BCUT2D eigenvalue weighted by Crippen LogP contribution is -2.29. The maximum Gasteiger partial charge on any atom is 0.488 e. The summed E-state index contributed by atoms with van der Waals surface area (Å²) in [6.07, 6.45) is 0. The van der Waals surface area contributed by atoms with Crippen LogP contribution in [0.4, 0.5) is 0 Å². The first kappa shape index (κ1) is 13.5. The number of hydrogen-bond acceptors (Lipinski definition) is 4. The van der Waals surface area contributed by atoms with Crippen molar-refractivity contribution >= 4 is 12.6 Å². The highest BCUT2D eigenvalue weighted by molar-refractivity contribution is 6.58.